The minimum atomic E-state index is 0.158. The highest BCUT2D eigenvalue weighted by atomic mass is 16.3. The third kappa shape index (κ3) is 6.66. The van der Waals surface area contributed by atoms with E-state index in [-0.39, 0.29) is 5.75 Å². The van der Waals surface area contributed by atoms with E-state index in [1.165, 1.54) is 0 Å². The second kappa shape index (κ2) is 15.8. The van der Waals surface area contributed by atoms with Crippen molar-refractivity contribution in [1.82, 2.24) is 14.5 Å². The lowest BCUT2D eigenvalue weighted by molar-refractivity contribution is 0.477. The molecule has 0 aliphatic rings. The first kappa shape index (κ1) is 37.9. The highest BCUT2D eigenvalue weighted by molar-refractivity contribution is 6.15. The SMILES string of the molecule is Oc1ccccc1-c1nc2c(-c3cc(-c4cc(-c5ccccc5)ccn4)c4oc5c(-c6cccc(-c7ccccc7)c6)cccc5c4c3)cccc2n1-c1ccccc1-c1ccccc1. The summed E-state index contributed by atoms with van der Waals surface area (Å²) in [6.45, 7) is 0. The minimum absolute atomic E-state index is 0.158. The molecule has 0 radical (unpaired) electrons. The largest absolute Gasteiger partial charge is 0.507 e. The van der Waals surface area contributed by atoms with Crippen LogP contribution in [-0.2, 0) is 0 Å². The number of phenols is 1. The van der Waals surface area contributed by atoms with Gasteiger partial charge < -0.3 is 9.52 Å². The predicted octanol–water partition coefficient (Wildman–Crippen LogP) is 15.7. The molecule has 0 unspecified atom stereocenters. The number of nitrogens with zero attached hydrogens (tertiary/aromatic N) is 3. The van der Waals surface area contributed by atoms with Crippen molar-refractivity contribution in [1.29, 1.82) is 0 Å². The van der Waals surface area contributed by atoms with E-state index >= 15 is 0 Å². The summed E-state index contributed by atoms with van der Waals surface area (Å²) in [5, 5.41) is 13.4. The Morgan fingerprint density at radius 3 is 1.74 bits per heavy atom. The number of aromatic nitrogens is 3. The van der Waals surface area contributed by atoms with Crippen LogP contribution >= 0.6 is 0 Å². The summed E-state index contributed by atoms with van der Waals surface area (Å²) in [4.78, 5) is 10.5. The van der Waals surface area contributed by atoms with Gasteiger partial charge in [-0.3, -0.25) is 9.55 Å². The summed E-state index contributed by atoms with van der Waals surface area (Å²) in [6.07, 6.45) is 1.88. The van der Waals surface area contributed by atoms with E-state index in [2.05, 4.69) is 187 Å². The molecule has 0 spiro atoms. The van der Waals surface area contributed by atoms with Crippen molar-refractivity contribution in [2.75, 3.05) is 0 Å². The Morgan fingerprint density at radius 1 is 0.385 bits per heavy atom. The molecule has 9 aromatic carbocycles. The highest BCUT2D eigenvalue weighted by Gasteiger charge is 2.24. The van der Waals surface area contributed by atoms with E-state index in [9.17, 15) is 5.11 Å². The molecule has 5 heteroatoms. The number of imidazole rings is 1. The Kier molecular flexibility index (Phi) is 9.24. The van der Waals surface area contributed by atoms with Gasteiger partial charge in [-0.15, -0.1) is 0 Å². The number of rotatable bonds is 8. The maximum Gasteiger partial charge on any atom is 0.149 e. The molecular weight excluding hydrogens is 795 g/mol. The number of aromatic hydroxyl groups is 1. The molecule has 0 bridgehead atoms. The van der Waals surface area contributed by atoms with Crippen molar-refractivity contribution in [2.24, 2.45) is 0 Å². The Labute approximate surface area is 375 Å². The van der Waals surface area contributed by atoms with Gasteiger partial charge >= 0.3 is 0 Å². The van der Waals surface area contributed by atoms with E-state index in [0.717, 1.165) is 106 Å². The van der Waals surface area contributed by atoms with E-state index < -0.39 is 0 Å². The van der Waals surface area contributed by atoms with Gasteiger partial charge in [-0.1, -0.05) is 170 Å². The molecule has 0 saturated heterocycles. The minimum Gasteiger partial charge on any atom is -0.507 e. The molecule has 5 nitrogen and oxygen atoms in total. The van der Waals surface area contributed by atoms with Crippen LogP contribution in [0.4, 0.5) is 0 Å². The van der Waals surface area contributed by atoms with Gasteiger partial charge in [0.2, 0.25) is 0 Å². The van der Waals surface area contributed by atoms with E-state index in [4.69, 9.17) is 14.4 Å². The number of pyridine rings is 1. The summed E-state index contributed by atoms with van der Waals surface area (Å²) in [5.41, 5.74) is 17.2. The van der Waals surface area contributed by atoms with Gasteiger partial charge in [-0.2, -0.15) is 0 Å². The van der Waals surface area contributed by atoms with Crippen molar-refractivity contribution in [3.63, 3.8) is 0 Å². The van der Waals surface area contributed by atoms with Gasteiger partial charge in [0.05, 0.1) is 28.0 Å². The molecule has 0 fully saturated rings. The maximum absolute atomic E-state index is 11.4. The molecule has 0 atom stereocenters. The van der Waals surface area contributed by atoms with Crippen molar-refractivity contribution in [2.45, 2.75) is 0 Å². The highest BCUT2D eigenvalue weighted by Crippen LogP contribution is 2.45. The van der Waals surface area contributed by atoms with Crippen molar-refractivity contribution < 1.29 is 9.52 Å². The first-order chi connectivity index (χ1) is 32.2. The molecule has 0 saturated carbocycles. The number of benzene rings is 9. The van der Waals surface area contributed by atoms with Crippen molar-refractivity contribution in [3.05, 3.63) is 231 Å². The van der Waals surface area contributed by atoms with Crippen LogP contribution < -0.4 is 0 Å². The zero-order chi connectivity index (χ0) is 43.3. The first-order valence-electron chi connectivity index (χ1n) is 21.8. The smallest absolute Gasteiger partial charge is 0.149 e. The fourth-order valence-electron chi connectivity index (χ4n) is 9.31. The van der Waals surface area contributed by atoms with Crippen LogP contribution in [0.3, 0.4) is 0 Å². The van der Waals surface area contributed by atoms with Crippen LogP contribution in [0.2, 0.25) is 0 Å². The van der Waals surface area contributed by atoms with Crippen LogP contribution in [0.25, 0.3) is 117 Å². The summed E-state index contributed by atoms with van der Waals surface area (Å²) < 4.78 is 9.30. The molecule has 3 heterocycles. The molecule has 1 N–H and O–H groups in total. The second-order valence-corrected chi connectivity index (χ2v) is 16.3. The Balaban J connectivity index is 1.12. The van der Waals surface area contributed by atoms with Crippen molar-refractivity contribution in [3.8, 4) is 89.7 Å². The maximum atomic E-state index is 11.4. The Bertz CT molecular complexity index is 3720. The zero-order valence-electron chi connectivity index (χ0n) is 35.1. The number of hydrogen-bond acceptors (Lipinski definition) is 4. The summed E-state index contributed by atoms with van der Waals surface area (Å²) in [7, 11) is 0. The average Bonchev–Trinajstić information content (AvgIpc) is 3.96. The average molecular weight is 834 g/mol. The van der Waals surface area contributed by atoms with Crippen LogP contribution in [0, 0.1) is 0 Å². The molecule has 0 amide bonds. The fourth-order valence-corrected chi connectivity index (χ4v) is 9.31. The van der Waals surface area contributed by atoms with Crippen molar-refractivity contribution >= 4 is 33.0 Å². The normalized spacial score (nSPS) is 11.4. The molecule has 0 aliphatic carbocycles. The monoisotopic (exact) mass is 833 g/mol. The van der Waals surface area contributed by atoms with Crippen LogP contribution in [-0.4, -0.2) is 19.6 Å². The van der Waals surface area contributed by atoms with E-state index in [0.29, 0.717) is 11.4 Å². The molecule has 3 aromatic heterocycles. The lowest BCUT2D eigenvalue weighted by atomic mass is 9.95. The zero-order valence-corrected chi connectivity index (χ0v) is 35.1. The summed E-state index contributed by atoms with van der Waals surface area (Å²) in [5.74, 6) is 0.800. The third-order valence-electron chi connectivity index (χ3n) is 12.4. The molecule has 0 aliphatic heterocycles. The molecule has 12 aromatic rings. The van der Waals surface area contributed by atoms with Gasteiger partial charge in [0.25, 0.3) is 0 Å². The Morgan fingerprint density at radius 2 is 0.969 bits per heavy atom. The van der Waals surface area contributed by atoms with E-state index in [1.807, 2.05) is 42.6 Å². The predicted molar refractivity (Wildman–Crippen MR) is 266 cm³/mol. The molecular formula is C60H39N3O2. The molecule has 65 heavy (non-hydrogen) atoms. The molecule has 306 valence electrons. The van der Waals surface area contributed by atoms with Gasteiger partial charge in [-0.05, 0) is 93.5 Å². The van der Waals surface area contributed by atoms with Gasteiger partial charge in [0, 0.05) is 39.2 Å². The van der Waals surface area contributed by atoms with Gasteiger partial charge in [0.1, 0.15) is 22.7 Å². The number of phenolic OH excluding ortho intramolecular Hbond substituents is 1. The fraction of sp³-hybridized carbons (Fsp3) is 0. The van der Waals surface area contributed by atoms with Gasteiger partial charge in [-0.25, -0.2) is 4.98 Å². The number of furan rings is 1. The topological polar surface area (TPSA) is 64.1 Å². The van der Waals surface area contributed by atoms with Gasteiger partial charge in [0.15, 0.2) is 0 Å². The number of hydrogen-bond donors (Lipinski definition) is 1. The summed E-state index contributed by atoms with van der Waals surface area (Å²) >= 11 is 0. The van der Waals surface area contributed by atoms with Crippen LogP contribution in [0.15, 0.2) is 235 Å². The Hall–Kier alpha value is -8.80. The first-order valence-corrected chi connectivity index (χ1v) is 21.8. The quantitative estimate of drug-likeness (QED) is 0.166. The molecule has 12 rings (SSSR count). The number of fused-ring (bicyclic) bond motifs is 4. The summed E-state index contributed by atoms with van der Waals surface area (Å²) in [6, 6.07) is 77.1. The van der Waals surface area contributed by atoms with E-state index in [1.54, 1.807) is 6.07 Å². The van der Waals surface area contributed by atoms with Crippen LogP contribution in [0.1, 0.15) is 0 Å². The van der Waals surface area contributed by atoms with Crippen LogP contribution in [0.5, 0.6) is 5.75 Å². The lowest BCUT2D eigenvalue weighted by Gasteiger charge is -2.15. The third-order valence-corrected chi connectivity index (χ3v) is 12.4. The lowest BCUT2D eigenvalue weighted by Crippen LogP contribution is -2.00. The number of para-hydroxylation sites is 4. The standard InChI is InChI=1S/C60H39N3O2/c64-56-32-13-11-26-50(56)60-62-57-47(27-16-31-55(57)63(60)54-30-12-10-25-46(54)41-21-8-3-9-22-41)45-36-51-49-29-15-28-48(44-24-14-23-42(35-44)39-17-4-1-5-18-39)58(49)65-59(51)52(37-45)53-38-43(33-34-61-53)40-19-6-2-7-20-40/h1-38,64H. The second-order valence-electron chi connectivity index (χ2n) is 16.3.